The standard InChI is InChI=1S/C30H24BrNO3/c1-34-25-19-17-21(18-20-25)27-26(31)29(30(33)32(27)24-15-9-4-10-16-24)35-28(22-11-5-2-6-12-22)23-13-7-3-8-14-23/h2-20,27-28H,1H3. The molecular formula is C30H24BrNO3. The Bertz CT molecular complexity index is 1280. The first-order chi connectivity index (χ1) is 17.2. The average molecular weight is 526 g/mol. The lowest BCUT2D eigenvalue weighted by atomic mass is 10.0. The van der Waals surface area contributed by atoms with Crippen molar-refractivity contribution in [2.75, 3.05) is 12.0 Å². The lowest BCUT2D eigenvalue weighted by Crippen LogP contribution is -2.30. The number of para-hydroxylation sites is 1. The second-order valence-electron chi connectivity index (χ2n) is 8.18. The van der Waals surface area contributed by atoms with Crippen LogP contribution in [0.4, 0.5) is 5.69 Å². The number of carbonyl (C=O) groups excluding carboxylic acids is 1. The number of hydrogen-bond acceptors (Lipinski definition) is 3. The van der Waals surface area contributed by atoms with Crippen molar-refractivity contribution >= 4 is 27.5 Å². The Labute approximate surface area is 213 Å². The fourth-order valence-electron chi connectivity index (χ4n) is 4.31. The number of rotatable bonds is 7. The molecule has 0 aromatic heterocycles. The smallest absolute Gasteiger partial charge is 0.295 e. The molecule has 174 valence electrons. The van der Waals surface area contributed by atoms with Crippen LogP contribution in [0.15, 0.2) is 126 Å². The summed E-state index contributed by atoms with van der Waals surface area (Å²) in [6.07, 6.45) is -0.434. The number of carbonyl (C=O) groups is 1. The summed E-state index contributed by atoms with van der Waals surface area (Å²) in [5.74, 6) is 0.863. The zero-order chi connectivity index (χ0) is 24.2. The van der Waals surface area contributed by atoms with Crippen LogP contribution in [0, 0.1) is 0 Å². The molecule has 4 aromatic carbocycles. The Hall–Kier alpha value is -3.83. The maximum atomic E-state index is 13.9. The van der Waals surface area contributed by atoms with Crippen LogP contribution in [0.1, 0.15) is 28.8 Å². The van der Waals surface area contributed by atoms with E-state index in [0.717, 1.165) is 28.1 Å². The van der Waals surface area contributed by atoms with Crippen LogP contribution in [0.2, 0.25) is 0 Å². The maximum Gasteiger partial charge on any atom is 0.295 e. The highest BCUT2D eigenvalue weighted by molar-refractivity contribution is 9.11. The van der Waals surface area contributed by atoms with E-state index in [4.69, 9.17) is 9.47 Å². The van der Waals surface area contributed by atoms with Gasteiger partial charge in [0.1, 0.15) is 11.9 Å². The van der Waals surface area contributed by atoms with E-state index >= 15 is 0 Å². The molecule has 1 heterocycles. The van der Waals surface area contributed by atoms with Crippen molar-refractivity contribution in [1.29, 1.82) is 0 Å². The molecule has 0 saturated carbocycles. The summed E-state index contributed by atoms with van der Waals surface area (Å²) in [6, 6.07) is 37.0. The summed E-state index contributed by atoms with van der Waals surface area (Å²) < 4.78 is 12.6. The molecule has 5 heteroatoms. The number of nitrogens with zero attached hydrogens (tertiary/aromatic N) is 1. The first-order valence-electron chi connectivity index (χ1n) is 11.4. The van der Waals surface area contributed by atoms with Crippen LogP contribution in [-0.4, -0.2) is 13.0 Å². The van der Waals surface area contributed by atoms with Gasteiger partial charge in [-0.25, -0.2) is 0 Å². The van der Waals surface area contributed by atoms with Crippen molar-refractivity contribution in [3.8, 4) is 5.75 Å². The molecule has 0 aliphatic carbocycles. The van der Waals surface area contributed by atoms with Crippen molar-refractivity contribution < 1.29 is 14.3 Å². The third-order valence-electron chi connectivity index (χ3n) is 6.03. The van der Waals surface area contributed by atoms with Gasteiger partial charge in [-0.15, -0.1) is 0 Å². The minimum atomic E-state index is -0.434. The Balaban J connectivity index is 1.59. The van der Waals surface area contributed by atoms with Gasteiger partial charge in [-0.05, 0) is 56.9 Å². The number of benzene rings is 4. The third-order valence-corrected chi connectivity index (χ3v) is 6.83. The van der Waals surface area contributed by atoms with Crippen molar-refractivity contribution in [3.63, 3.8) is 0 Å². The highest BCUT2D eigenvalue weighted by atomic mass is 79.9. The predicted octanol–water partition coefficient (Wildman–Crippen LogP) is 7.20. The molecule has 4 nitrogen and oxygen atoms in total. The van der Waals surface area contributed by atoms with Gasteiger partial charge in [0, 0.05) is 5.69 Å². The van der Waals surface area contributed by atoms with E-state index in [1.807, 2.05) is 115 Å². The lowest BCUT2D eigenvalue weighted by Gasteiger charge is -2.26. The van der Waals surface area contributed by atoms with Crippen LogP contribution < -0.4 is 9.64 Å². The number of ether oxygens (including phenoxy) is 2. The highest BCUT2D eigenvalue weighted by Crippen LogP contribution is 2.46. The maximum absolute atomic E-state index is 13.9. The topological polar surface area (TPSA) is 38.8 Å². The van der Waals surface area contributed by atoms with Gasteiger partial charge in [0.2, 0.25) is 0 Å². The Morgan fingerprint density at radius 1 is 0.743 bits per heavy atom. The largest absolute Gasteiger partial charge is 0.497 e. The molecule has 1 aliphatic heterocycles. The van der Waals surface area contributed by atoms with Crippen molar-refractivity contribution in [3.05, 3.63) is 142 Å². The quantitative estimate of drug-likeness (QED) is 0.256. The highest BCUT2D eigenvalue weighted by Gasteiger charge is 2.42. The molecule has 1 unspecified atom stereocenters. The summed E-state index contributed by atoms with van der Waals surface area (Å²) in [5.41, 5.74) is 3.69. The number of halogens is 1. The van der Waals surface area contributed by atoms with Gasteiger partial charge in [0.25, 0.3) is 5.91 Å². The Morgan fingerprint density at radius 2 is 1.26 bits per heavy atom. The summed E-state index contributed by atoms with van der Waals surface area (Å²) in [4.78, 5) is 15.7. The van der Waals surface area contributed by atoms with E-state index in [-0.39, 0.29) is 11.9 Å². The molecule has 0 saturated heterocycles. The normalized spacial score (nSPS) is 15.6. The molecule has 4 aromatic rings. The first kappa shape index (κ1) is 22.9. The van der Waals surface area contributed by atoms with Crippen LogP contribution in [0.3, 0.4) is 0 Å². The molecule has 0 fully saturated rings. The molecule has 1 amide bonds. The zero-order valence-corrected chi connectivity index (χ0v) is 20.8. The second kappa shape index (κ2) is 10.2. The molecule has 5 rings (SSSR count). The van der Waals surface area contributed by atoms with Crippen LogP contribution >= 0.6 is 15.9 Å². The molecule has 0 radical (unpaired) electrons. The summed E-state index contributed by atoms with van der Waals surface area (Å²) in [7, 11) is 1.64. The second-order valence-corrected chi connectivity index (χ2v) is 9.04. The fraction of sp³-hybridized carbons (Fsp3) is 0.100. The molecule has 0 N–H and O–H groups in total. The SMILES string of the molecule is COc1ccc(C2C(Br)=C(OC(c3ccccc3)c3ccccc3)C(=O)N2c2ccccc2)cc1. The van der Waals surface area contributed by atoms with Gasteiger partial charge < -0.3 is 9.47 Å². The van der Waals surface area contributed by atoms with Crippen LogP contribution in [-0.2, 0) is 9.53 Å². The van der Waals surface area contributed by atoms with E-state index in [1.165, 1.54) is 0 Å². The molecule has 0 bridgehead atoms. The van der Waals surface area contributed by atoms with Crippen molar-refractivity contribution in [1.82, 2.24) is 0 Å². The summed E-state index contributed by atoms with van der Waals surface area (Å²) in [5, 5.41) is 0. The van der Waals surface area contributed by atoms with Gasteiger partial charge in [-0.2, -0.15) is 0 Å². The van der Waals surface area contributed by atoms with Crippen LogP contribution in [0.5, 0.6) is 5.75 Å². The molecule has 0 spiro atoms. The zero-order valence-electron chi connectivity index (χ0n) is 19.2. The average Bonchev–Trinajstić information content (AvgIpc) is 3.17. The number of methoxy groups -OCH3 is 1. The number of amides is 1. The Morgan fingerprint density at radius 3 is 1.77 bits per heavy atom. The molecule has 1 atom stereocenters. The monoisotopic (exact) mass is 525 g/mol. The summed E-state index contributed by atoms with van der Waals surface area (Å²) >= 11 is 3.76. The van der Waals surface area contributed by atoms with Gasteiger partial charge in [0.15, 0.2) is 5.76 Å². The van der Waals surface area contributed by atoms with E-state index in [1.54, 1.807) is 12.0 Å². The molecular weight excluding hydrogens is 502 g/mol. The van der Waals surface area contributed by atoms with Crippen molar-refractivity contribution in [2.45, 2.75) is 12.1 Å². The lowest BCUT2D eigenvalue weighted by molar-refractivity contribution is -0.118. The van der Waals surface area contributed by atoms with Gasteiger partial charge >= 0.3 is 0 Å². The van der Waals surface area contributed by atoms with Crippen molar-refractivity contribution in [2.24, 2.45) is 0 Å². The summed E-state index contributed by atoms with van der Waals surface area (Å²) in [6.45, 7) is 0. The Kier molecular flexibility index (Phi) is 6.68. The van der Waals surface area contributed by atoms with Gasteiger partial charge in [-0.1, -0.05) is 91.0 Å². The number of anilines is 1. The fourth-order valence-corrected chi connectivity index (χ4v) is 5.04. The van der Waals surface area contributed by atoms with E-state index < -0.39 is 6.10 Å². The first-order valence-corrected chi connectivity index (χ1v) is 12.2. The van der Waals surface area contributed by atoms with E-state index in [0.29, 0.717) is 10.2 Å². The van der Waals surface area contributed by atoms with Crippen LogP contribution in [0.25, 0.3) is 0 Å². The third kappa shape index (κ3) is 4.60. The van der Waals surface area contributed by atoms with E-state index in [9.17, 15) is 4.79 Å². The number of hydrogen-bond donors (Lipinski definition) is 0. The van der Waals surface area contributed by atoms with Gasteiger partial charge in [-0.3, -0.25) is 9.69 Å². The minimum Gasteiger partial charge on any atom is -0.497 e. The van der Waals surface area contributed by atoms with E-state index in [2.05, 4.69) is 15.9 Å². The molecule has 1 aliphatic rings. The predicted molar refractivity (Wildman–Crippen MR) is 141 cm³/mol. The van der Waals surface area contributed by atoms with Gasteiger partial charge in [0.05, 0.1) is 17.6 Å². The minimum absolute atomic E-state index is 0.194. The molecule has 35 heavy (non-hydrogen) atoms.